The summed E-state index contributed by atoms with van der Waals surface area (Å²) in [6.07, 6.45) is 3.81. The van der Waals surface area contributed by atoms with Gasteiger partial charge in [-0.3, -0.25) is 14.6 Å². The first-order valence-corrected chi connectivity index (χ1v) is 9.50. The summed E-state index contributed by atoms with van der Waals surface area (Å²) >= 11 is 0. The van der Waals surface area contributed by atoms with Gasteiger partial charge in [-0.15, -0.1) is 0 Å². The number of carbonyl (C=O) groups is 1. The van der Waals surface area contributed by atoms with Crippen LogP contribution in [0.25, 0.3) is 10.9 Å². The van der Waals surface area contributed by atoms with E-state index in [4.69, 9.17) is 4.74 Å². The van der Waals surface area contributed by atoms with Gasteiger partial charge in [0.2, 0.25) is 0 Å². The van der Waals surface area contributed by atoms with Crippen molar-refractivity contribution in [3.05, 3.63) is 69.8 Å². The Balaban J connectivity index is 1.71. The van der Waals surface area contributed by atoms with Gasteiger partial charge in [0.1, 0.15) is 5.75 Å². The molecule has 1 aliphatic heterocycles. The highest BCUT2D eigenvalue weighted by atomic mass is 16.5. The smallest absolute Gasteiger partial charge is 0.260 e. The minimum Gasteiger partial charge on any atom is -0.497 e. The highest BCUT2D eigenvalue weighted by Crippen LogP contribution is 2.19. The van der Waals surface area contributed by atoms with E-state index in [1.54, 1.807) is 23.9 Å². The van der Waals surface area contributed by atoms with Crippen molar-refractivity contribution in [3.63, 3.8) is 0 Å². The number of aromatic nitrogens is 2. The number of hydrogen-bond donors (Lipinski definition) is 0. The summed E-state index contributed by atoms with van der Waals surface area (Å²) in [4.78, 5) is 32.2. The van der Waals surface area contributed by atoms with Crippen molar-refractivity contribution in [2.45, 2.75) is 26.3 Å². The molecule has 3 aromatic rings. The molecule has 0 atom stereocenters. The average Bonchev–Trinajstić information content (AvgIpc) is 3.25. The van der Waals surface area contributed by atoms with Crippen LogP contribution >= 0.6 is 0 Å². The first-order chi connectivity index (χ1) is 13.6. The lowest BCUT2D eigenvalue weighted by molar-refractivity contribution is 0.0792. The number of fused-ring (bicyclic) bond motifs is 1. The van der Waals surface area contributed by atoms with Crippen LogP contribution in [-0.2, 0) is 6.54 Å². The van der Waals surface area contributed by atoms with Gasteiger partial charge >= 0.3 is 0 Å². The predicted octanol–water partition coefficient (Wildman–Crippen LogP) is 3.00. The number of hydrogen-bond acceptors (Lipinski definition) is 4. The molecule has 0 saturated carbocycles. The first kappa shape index (κ1) is 18.2. The van der Waals surface area contributed by atoms with Gasteiger partial charge in [0.15, 0.2) is 0 Å². The minimum absolute atomic E-state index is 0.0330. The molecule has 28 heavy (non-hydrogen) atoms. The van der Waals surface area contributed by atoms with E-state index >= 15 is 0 Å². The highest BCUT2D eigenvalue weighted by molar-refractivity contribution is 5.98. The Kier molecular flexibility index (Phi) is 4.86. The van der Waals surface area contributed by atoms with Crippen molar-refractivity contribution in [2.24, 2.45) is 0 Å². The Labute approximate surface area is 163 Å². The maximum absolute atomic E-state index is 13.0. The Morgan fingerprint density at radius 1 is 1.14 bits per heavy atom. The molecule has 1 saturated heterocycles. The molecule has 1 aliphatic rings. The SMILES string of the molecule is COc1ccc(Cn2ccc3nc(C)c(C(=O)N4CCCC4)cc3c2=O)cc1. The summed E-state index contributed by atoms with van der Waals surface area (Å²) in [5.74, 6) is 0.744. The van der Waals surface area contributed by atoms with Crippen LogP contribution in [0.3, 0.4) is 0 Å². The molecule has 1 aromatic carbocycles. The van der Waals surface area contributed by atoms with Crippen LogP contribution in [0, 0.1) is 6.92 Å². The van der Waals surface area contributed by atoms with Gasteiger partial charge in [-0.25, -0.2) is 0 Å². The molecule has 0 spiro atoms. The Morgan fingerprint density at radius 3 is 2.54 bits per heavy atom. The van der Waals surface area contributed by atoms with Gasteiger partial charge in [-0.1, -0.05) is 12.1 Å². The third-order valence-corrected chi connectivity index (χ3v) is 5.28. The van der Waals surface area contributed by atoms with Gasteiger partial charge in [0.25, 0.3) is 11.5 Å². The lowest BCUT2D eigenvalue weighted by atomic mass is 10.1. The number of ether oxygens (including phenoxy) is 1. The molecule has 1 fully saturated rings. The number of carbonyl (C=O) groups excluding carboxylic acids is 1. The van der Waals surface area contributed by atoms with E-state index in [0.717, 1.165) is 37.2 Å². The monoisotopic (exact) mass is 377 g/mol. The van der Waals surface area contributed by atoms with Crippen LogP contribution in [-0.4, -0.2) is 40.6 Å². The number of amides is 1. The summed E-state index contributed by atoms with van der Waals surface area (Å²) in [5, 5.41) is 0.476. The largest absolute Gasteiger partial charge is 0.497 e. The van der Waals surface area contributed by atoms with E-state index in [9.17, 15) is 9.59 Å². The quantitative estimate of drug-likeness (QED) is 0.701. The van der Waals surface area contributed by atoms with Crippen LogP contribution in [0.4, 0.5) is 0 Å². The molecule has 144 valence electrons. The molecule has 1 amide bonds. The van der Waals surface area contributed by atoms with Crippen LogP contribution in [0.5, 0.6) is 5.75 Å². The summed E-state index contributed by atoms with van der Waals surface area (Å²) in [7, 11) is 1.62. The summed E-state index contributed by atoms with van der Waals surface area (Å²) < 4.78 is 6.82. The molecule has 0 aliphatic carbocycles. The topological polar surface area (TPSA) is 64.4 Å². The van der Waals surface area contributed by atoms with Crippen molar-refractivity contribution in [3.8, 4) is 5.75 Å². The van der Waals surface area contributed by atoms with Crippen molar-refractivity contribution in [2.75, 3.05) is 20.2 Å². The second-order valence-corrected chi connectivity index (χ2v) is 7.15. The van der Waals surface area contributed by atoms with Crippen LogP contribution in [0.1, 0.15) is 34.5 Å². The van der Waals surface area contributed by atoms with E-state index < -0.39 is 0 Å². The number of likely N-dealkylation sites (tertiary alicyclic amines) is 1. The van der Waals surface area contributed by atoms with Gasteiger partial charge in [0.05, 0.1) is 35.8 Å². The summed E-state index contributed by atoms with van der Waals surface area (Å²) in [5.41, 5.74) is 2.66. The normalized spacial score (nSPS) is 13.9. The number of benzene rings is 1. The fraction of sp³-hybridized carbons (Fsp3) is 0.318. The second-order valence-electron chi connectivity index (χ2n) is 7.15. The number of rotatable bonds is 4. The summed E-state index contributed by atoms with van der Waals surface area (Å²) in [6.45, 7) is 3.81. The molecule has 0 radical (unpaired) electrons. The fourth-order valence-electron chi connectivity index (χ4n) is 3.66. The Morgan fingerprint density at radius 2 is 1.86 bits per heavy atom. The second kappa shape index (κ2) is 7.46. The molecule has 6 nitrogen and oxygen atoms in total. The Bertz CT molecular complexity index is 1080. The van der Waals surface area contributed by atoms with E-state index in [-0.39, 0.29) is 11.5 Å². The number of aryl methyl sites for hydroxylation is 1. The van der Waals surface area contributed by atoms with E-state index in [0.29, 0.717) is 28.7 Å². The molecule has 2 aromatic heterocycles. The lowest BCUT2D eigenvalue weighted by Gasteiger charge is -2.17. The summed E-state index contributed by atoms with van der Waals surface area (Å²) in [6, 6.07) is 11.2. The zero-order chi connectivity index (χ0) is 19.7. The average molecular weight is 377 g/mol. The maximum Gasteiger partial charge on any atom is 0.260 e. The minimum atomic E-state index is -0.142. The third-order valence-electron chi connectivity index (χ3n) is 5.28. The zero-order valence-corrected chi connectivity index (χ0v) is 16.1. The molecule has 0 N–H and O–H groups in total. The van der Waals surface area contributed by atoms with Crippen LogP contribution in [0.2, 0.25) is 0 Å². The van der Waals surface area contributed by atoms with Crippen molar-refractivity contribution in [1.82, 2.24) is 14.5 Å². The number of methoxy groups -OCH3 is 1. The molecule has 0 bridgehead atoms. The first-order valence-electron chi connectivity index (χ1n) is 9.50. The molecule has 0 unspecified atom stereocenters. The van der Waals surface area contributed by atoms with Crippen LogP contribution in [0.15, 0.2) is 47.4 Å². The van der Waals surface area contributed by atoms with Crippen LogP contribution < -0.4 is 10.3 Å². The van der Waals surface area contributed by atoms with Gasteiger partial charge in [-0.2, -0.15) is 0 Å². The molecular formula is C22H23N3O3. The van der Waals surface area contributed by atoms with E-state index in [2.05, 4.69) is 4.98 Å². The van der Waals surface area contributed by atoms with E-state index in [1.807, 2.05) is 42.2 Å². The lowest BCUT2D eigenvalue weighted by Crippen LogP contribution is -2.29. The van der Waals surface area contributed by atoms with Gasteiger partial charge in [0, 0.05) is 19.3 Å². The van der Waals surface area contributed by atoms with Crippen molar-refractivity contribution >= 4 is 16.8 Å². The number of pyridine rings is 2. The van der Waals surface area contributed by atoms with Gasteiger partial charge in [-0.05, 0) is 49.6 Å². The fourth-order valence-corrected chi connectivity index (χ4v) is 3.66. The predicted molar refractivity (Wildman–Crippen MR) is 108 cm³/mol. The third kappa shape index (κ3) is 3.38. The molecule has 4 rings (SSSR count). The van der Waals surface area contributed by atoms with Crippen molar-refractivity contribution < 1.29 is 9.53 Å². The van der Waals surface area contributed by atoms with Gasteiger partial charge < -0.3 is 14.2 Å². The molecular weight excluding hydrogens is 354 g/mol. The maximum atomic E-state index is 13.0. The zero-order valence-electron chi connectivity index (χ0n) is 16.1. The highest BCUT2D eigenvalue weighted by Gasteiger charge is 2.22. The number of nitrogens with zero attached hydrogens (tertiary/aromatic N) is 3. The standard InChI is InChI=1S/C22H23N3O3/c1-15-18(21(26)24-10-3-4-11-24)13-19-20(23-15)9-12-25(22(19)27)14-16-5-7-17(28-2)8-6-16/h5-9,12-13H,3-4,10-11,14H2,1-2H3. The van der Waals surface area contributed by atoms with Crippen molar-refractivity contribution in [1.29, 1.82) is 0 Å². The van der Waals surface area contributed by atoms with E-state index in [1.165, 1.54) is 0 Å². The Hall–Kier alpha value is -3.15. The molecule has 3 heterocycles. The molecule has 6 heteroatoms.